The number of ether oxygens (including phenoxy) is 3. The van der Waals surface area contributed by atoms with Crippen LogP contribution in [0.4, 0.5) is 0 Å². The number of hydrogen-bond donors (Lipinski definition) is 1. The third-order valence-electron chi connectivity index (χ3n) is 5.09. The average molecular weight is 462 g/mol. The Morgan fingerprint density at radius 2 is 1.26 bits per heavy atom. The largest absolute Gasteiger partial charge is 0.481 e. The van der Waals surface area contributed by atoms with Gasteiger partial charge in [0.25, 0.3) is 0 Å². The lowest BCUT2D eigenvalue weighted by Crippen LogP contribution is -2.46. The Labute approximate surface area is 198 Å². The van der Waals surface area contributed by atoms with Gasteiger partial charge in [-0.25, -0.2) is 0 Å². The molecular weight excluding hydrogens is 434 g/mol. The van der Waals surface area contributed by atoms with Crippen molar-refractivity contribution in [3.8, 4) is 0 Å². The minimum absolute atomic E-state index is 0.0475. The predicted octanol–water partition coefficient (Wildman–Crippen LogP) is 5.14. The van der Waals surface area contributed by atoms with Crippen molar-refractivity contribution in [2.45, 2.75) is 38.1 Å². The lowest BCUT2D eigenvalue weighted by molar-refractivity contribution is -0.155. The summed E-state index contributed by atoms with van der Waals surface area (Å²) in [5, 5.41) is 13.3. The molecule has 3 aromatic rings. The summed E-state index contributed by atoms with van der Waals surface area (Å²) in [4.78, 5) is 14.7. The highest BCUT2D eigenvalue weighted by Gasteiger charge is 2.36. The van der Waals surface area contributed by atoms with Gasteiger partial charge in [-0.05, 0) is 22.2 Å². The van der Waals surface area contributed by atoms with Crippen molar-refractivity contribution in [1.29, 1.82) is 0 Å². The lowest BCUT2D eigenvalue weighted by atomic mass is 10.1. The maximum atomic E-state index is 12.0. The highest BCUT2D eigenvalue weighted by molar-refractivity contribution is 5.74. The van der Waals surface area contributed by atoms with Crippen LogP contribution in [0.2, 0.25) is 0 Å². The maximum Gasteiger partial charge on any atom is 0.315 e. The zero-order valence-corrected chi connectivity index (χ0v) is 18.6. The Bertz CT molecular complexity index is 1040. The first-order chi connectivity index (χ1) is 16.7. The smallest absolute Gasteiger partial charge is 0.315 e. The van der Waals surface area contributed by atoms with Gasteiger partial charge in [-0.1, -0.05) is 96.1 Å². The Morgan fingerprint density at radius 3 is 1.74 bits per heavy atom. The number of carboxylic acid groups (broad SMARTS) is 1. The second-order valence-corrected chi connectivity index (χ2v) is 7.58. The van der Waals surface area contributed by atoms with E-state index >= 15 is 0 Å². The quantitative estimate of drug-likeness (QED) is 0.203. The summed E-state index contributed by atoms with van der Waals surface area (Å²) in [5.74, 6) is -1.30. The Hall–Kier alpha value is -3.68. The van der Waals surface area contributed by atoms with E-state index in [-0.39, 0.29) is 19.8 Å². The molecule has 3 rings (SSSR count). The van der Waals surface area contributed by atoms with Gasteiger partial charge in [0.05, 0.1) is 26.4 Å². The van der Waals surface area contributed by atoms with E-state index in [1.165, 1.54) is 0 Å². The summed E-state index contributed by atoms with van der Waals surface area (Å²) in [6.07, 6.45) is -1.88. The average Bonchev–Trinajstić information content (AvgIpc) is 2.88. The second kappa shape index (κ2) is 13.8. The van der Waals surface area contributed by atoms with Crippen LogP contribution in [0.25, 0.3) is 10.4 Å². The van der Waals surface area contributed by atoms with Gasteiger partial charge in [0.1, 0.15) is 12.2 Å². The molecule has 8 heteroatoms. The molecule has 0 radical (unpaired) electrons. The minimum atomic E-state index is -1.49. The molecule has 0 heterocycles. The van der Waals surface area contributed by atoms with E-state index in [0.717, 1.165) is 16.7 Å². The number of carbonyl (C=O) groups is 1. The van der Waals surface area contributed by atoms with Crippen LogP contribution in [0, 0.1) is 0 Å². The Kier molecular flexibility index (Phi) is 10.1. The van der Waals surface area contributed by atoms with Crippen LogP contribution in [-0.4, -0.2) is 35.9 Å². The molecule has 3 atom stereocenters. The molecule has 8 nitrogen and oxygen atoms in total. The SMILES string of the molecule is [N-]=[N+]=N[C@@H](C(=O)O)[C@@H](OCc1ccccc1)[C@@H](COCc1ccccc1)OCc1ccccc1. The first-order valence-corrected chi connectivity index (χ1v) is 10.9. The van der Waals surface area contributed by atoms with Gasteiger partial charge < -0.3 is 19.3 Å². The highest BCUT2D eigenvalue weighted by Crippen LogP contribution is 2.19. The topological polar surface area (TPSA) is 114 Å². The zero-order valence-electron chi connectivity index (χ0n) is 18.6. The van der Waals surface area contributed by atoms with Crippen LogP contribution in [0.1, 0.15) is 16.7 Å². The van der Waals surface area contributed by atoms with Crippen molar-refractivity contribution >= 4 is 5.97 Å². The van der Waals surface area contributed by atoms with Crippen LogP contribution in [0.15, 0.2) is 96.1 Å². The van der Waals surface area contributed by atoms with Crippen molar-refractivity contribution < 1.29 is 24.1 Å². The second-order valence-electron chi connectivity index (χ2n) is 7.58. The predicted molar refractivity (Wildman–Crippen MR) is 127 cm³/mol. The number of aliphatic carboxylic acids is 1. The summed E-state index contributed by atoms with van der Waals surface area (Å²) in [6.45, 7) is 0.705. The van der Waals surface area contributed by atoms with Crippen LogP contribution < -0.4 is 0 Å². The van der Waals surface area contributed by atoms with Crippen LogP contribution in [-0.2, 0) is 38.8 Å². The standard InChI is InChI=1S/C26H27N3O5/c27-29-28-24(26(30)31)25(34-18-22-14-8-3-9-15-22)23(33-17-21-12-6-2-7-13-21)19-32-16-20-10-4-1-5-11-20/h1-15,23-25H,16-19H2,(H,30,31)/t23-,24-,25+/m1/s1. The molecule has 0 bridgehead atoms. The number of azide groups is 1. The molecule has 34 heavy (non-hydrogen) atoms. The monoisotopic (exact) mass is 461 g/mol. The molecule has 0 saturated carbocycles. The number of carboxylic acids is 1. The van der Waals surface area contributed by atoms with E-state index in [1.807, 2.05) is 91.0 Å². The Balaban J connectivity index is 1.80. The van der Waals surface area contributed by atoms with E-state index in [4.69, 9.17) is 19.7 Å². The summed E-state index contributed by atoms with van der Waals surface area (Å²) in [7, 11) is 0. The number of benzene rings is 3. The number of hydrogen-bond acceptors (Lipinski definition) is 5. The van der Waals surface area contributed by atoms with Gasteiger partial charge >= 0.3 is 5.97 Å². The fourth-order valence-electron chi connectivity index (χ4n) is 3.36. The fourth-order valence-corrected chi connectivity index (χ4v) is 3.36. The molecule has 0 aliphatic heterocycles. The molecular formula is C26H27N3O5. The maximum absolute atomic E-state index is 12.0. The third kappa shape index (κ3) is 8.03. The Morgan fingerprint density at radius 1 is 0.794 bits per heavy atom. The van der Waals surface area contributed by atoms with Gasteiger partial charge in [0, 0.05) is 4.91 Å². The van der Waals surface area contributed by atoms with Gasteiger partial charge in [-0.3, -0.25) is 4.79 Å². The third-order valence-corrected chi connectivity index (χ3v) is 5.09. The first-order valence-electron chi connectivity index (χ1n) is 10.9. The van der Waals surface area contributed by atoms with E-state index in [0.29, 0.717) is 6.61 Å². The van der Waals surface area contributed by atoms with Crippen molar-refractivity contribution in [3.63, 3.8) is 0 Å². The summed E-state index contributed by atoms with van der Waals surface area (Å²) >= 11 is 0. The molecule has 0 aromatic heterocycles. The van der Waals surface area contributed by atoms with Crippen molar-refractivity contribution in [2.24, 2.45) is 5.11 Å². The molecule has 0 amide bonds. The van der Waals surface area contributed by atoms with Gasteiger partial charge in [-0.2, -0.15) is 0 Å². The van der Waals surface area contributed by atoms with Crippen molar-refractivity contribution in [3.05, 3.63) is 118 Å². The van der Waals surface area contributed by atoms with E-state index in [1.54, 1.807) is 0 Å². The van der Waals surface area contributed by atoms with Gasteiger partial charge in [0.15, 0.2) is 6.04 Å². The number of nitrogens with zero attached hydrogens (tertiary/aromatic N) is 3. The minimum Gasteiger partial charge on any atom is -0.481 e. The van der Waals surface area contributed by atoms with Crippen LogP contribution in [0.3, 0.4) is 0 Å². The van der Waals surface area contributed by atoms with E-state index in [9.17, 15) is 9.90 Å². The van der Waals surface area contributed by atoms with Gasteiger partial charge in [0.2, 0.25) is 0 Å². The molecule has 3 aromatic carbocycles. The molecule has 176 valence electrons. The van der Waals surface area contributed by atoms with Crippen molar-refractivity contribution in [1.82, 2.24) is 0 Å². The molecule has 0 aliphatic carbocycles. The van der Waals surface area contributed by atoms with Crippen molar-refractivity contribution in [2.75, 3.05) is 6.61 Å². The molecule has 0 fully saturated rings. The lowest BCUT2D eigenvalue weighted by Gasteiger charge is -2.30. The first kappa shape index (κ1) is 25.0. The molecule has 0 unspecified atom stereocenters. The molecule has 0 spiro atoms. The van der Waals surface area contributed by atoms with E-state index < -0.39 is 24.2 Å². The molecule has 0 aliphatic rings. The molecule has 0 saturated heterocycles. The molecule has 1 N–H and O–H groups in total. The number of rotatable bonds is 14. The van der Waals surface area contributed by atoms with Crippen LogP contribution >= 0.6 is 0 Å². The fraction of sp³-hybridized carbons (Fsp3) is 0.269. The van der Waals surface area contributed by atoms with Crippen LogP contribution in [0.5, 0.6) is 0 Å². The van der Waals surface area contributed by atoms with E-state index in [2.05, 4.69) is 10.0 Å². The summed E-state index contributed by atoms with van der Waals surface area (Å²) < 4.78 is 18.0. The highest BCUT2D eigenvalue weighted by atomic mass is 16.6. The normalized spacial score (nSPS) is 13.4. The summed E-state index contributed by atoms with van der Waals surface area (Å²) in [6, 6.07) is 27.0. The summed E-state index contributed by atoms with van der Waals surface area (Å²) in [5.41, 5.74) is 11.7. The van der Waals surface area contributed by atoms with Gasteiger partial charge in [-0.15, -0.1) is 0 Å². The zero-order chi connectivity index (χ0) is 24.0.